The Morgan fingerprint density at radius 3 is 2.62 bits per heavy atom. The van der Waals surface area contributed by atoms with E-state index in [1.165, 1.54) is 11.2 Å². The number of carbonyl (C=O) groups is 1. The summed E-state index contributed by atoms with van der Waals surface area (Å²) in [4.78, 5) is 20.7. The highest BCUT2D eigenvalue weighted by Gasteiger charge is 2.24. The molecule has 0 radical (unpaired) electrons. The molecule has 0 saturated carbocycles. The van der Waals surface area contributed by atoms with Crippen LogP contribution in [0.5, 0.6) is 5.88 Å². The van der Waals surface area contributed by atoms with Crippen LogP contribution in [0.4, 0.5) is 16.4 Å². The molecule has 26 heavy (non-hydrogen) atoms. The maximum Gasteiger partial charge on any atom is 0.407 e. The number of nitrogens with one attached hydrogen (secondary N) is 2. The molecule has 2 aromatic rings. The molecule has 140 valence electrons. The molecule has 0 unspecified atom stereocenters. The summed E-state index contributed by atoms with van der Waals surface area (Å²) < 4.78 is 5.88. The molecule has 3 rings (SSSR count). The Morgan fingerprint density at radius 1 is 1.27 bits per heavy atom. The SMILES string of the molecule is CC(C)(C)c1cc(Nc2cc(OC3CCN(C(=O)O)CC3)ncn2)n[nH]1. The van der Waals surface area contributed by atoms with E-state index in [1.54, 1.807) is 6.07 Å². The third kappa shape index (κ3) is 4.41. The minimum atomic E-state index is -0.884. The van der Waals surface area contributed by atoms with Crippen molar-refractivity contribution in [3.05, 3.63) is 24.2 Å². The summed E-state index contributed by atoms with van der Waals surface area (Å²) in [5.41, 5.74) is 1.01. The van der Waals surface area contributed by atoms with Crippen LogP contribution in [-0.2, 0) is 5.41 Å². The number of piperidine rings is 1. The van der Waals surface area contributed by atoms with Crippen molar-refractivity contribution >= 4 is 17.7 Å². The maximum absolute atomic E-state index is 10.9. The van der Waals surface area contributed by atoms with Gasteiger partial charge in [-0.1, -0.05) is 20.8 Å². The highest BCUT2D eigenvalue weighted by atomic mass is 16.5. The monoisotopic (exact) mass is 360 g/mol. The third-order valence-electron chi connectivity index (χ3n) is 4.28. The van der Waals surface area contributed by atoms with E-state index in [4.69, 9.17) is 9.84 Å². The van der Waals surface area contributed by atoms with E-state index in [2.05, 4.69) is 46.3 Å². The predicted molar refractivity (Wildman–Crippen MR) is 95.9 cm³/mol. The van der Waals surface area contributed by atoms with E-state index in [0.29, 0.717) is 43.4 Å². The number of H-pyrrole nitrogens is 1. The molecule has 9 nitrogen and oxygen atoms in total. The summed E-state index contributed by atoms with van der Waals surface area (Å²) in [6.07, 6.45) is 1.79. The summed E-state index contributed by atoms with van der Waals surface area (Å²) in [6, 6.07) is 3.67. The van der Waals surface area contributed by atoms with Crippen LogP contribution < -0.4 is 10.1 Å². The highest BCUT2D eigenvalue weighted by Crippen LogP contribution is 2.24. The van der Waals surface area contributed by atoms with Crippen LogP contribution in [0.15, 0.2) is 18.5 Å². The Bertz CT molecular complexity index is 762. The lowest BCUT2D eigenvalue weighted by atomic mass is 9.92. The lowest BCUT2D eigenvalue weighted by Crippen LogP contribution is -2.41. The van der Waals surface area contributed by atoms with Crippen molar-refractivity contribution in [1.82, 2.24) is 25.1 Å². The summed E-state index contributed by atoms with van der Waals surface area (Å²) in [5, 5.41) is 19.4. The molecule has 3 N–H and O–H groups in total. The number of amides is 1. The number of nitrogens with zero attached hydrogens (tertiary/aromatic N) is 4. The largest absolute Gasteiger partial charge is 0.474 e. The molecule has 0 spiro atoms. The van der Waals surface area contributed by atoms with Crippen molar-refractivity contribution in [1.29, 1.82) is 0 Å². The summed E-state index contributed by atoms with van der Waals surface area (Å²) in [6.45, 7) is 7.27. The van der Waals surface area contributed by atoms with Gasteiger partial charge in [0.25, 0.3) is 0 Å². The number of hydrogen-bond donors (Lipinski definition) is 3. The Kier molecular flexibility index (Phi) is 4.97. The second-order valence-corrected chi connectivity index (χ2v) is 7.37. The fourth-order valence-electron chi connectivity index (χ4n) is 2.71. The van der Waals surface area contributed by atoms with Gasteiger partial charge in [-0.05, 0) is 0 Å². The van der Waals surface area contributed by atoms with Gasteiger partial charge in [0.15, 0.2) is 5.82 Å². The number of aromatic amines is 1. The molecule has 1 amide bonds. The lowest BCUT2D eigenvalue weighted by molar-refractivity contribution is 0.0870. The Labute approximate surface area is 151 Å². The molecule has 1 aliphatic heterocycles. The van der Waals surface area contributed by atoms with Crippen molar-refractivity contribution in [2.24, 2.45) is 0 Å². The van der Waals surface area contributed by atoms with Crippen LogP contribution in [0.1, 0.15) is 39.3 Å². The fraction of sp³-hybridized carbons (Fsp3) is 0.529. The number of aromatic nitrogens is 4. The Morgan fingerprint density at radius 2 is 2.00 bits per heavy atom. The molecular formula is C17H24N6O3. The number of rotatable bonds is 4. The van der Waals surface area contributed by atoms with Gasteiger partial charge in [-0.3, -0.25) is 5.10 Å². The summed E-state index contributed by atoms with van der Waals surface area (Å²) >= 11 is 0. The van der Waals surface area contributed by atoms with Gasteiger partial charge in [0.2, 0.25) is 5.88 Å². The van der Waals surface area contributed by atoms with Gasteiger partial charge in [0.1, 0.15) is 18.2 Å². The molecule has 1 aliphatic rings. The number of likely N-dealkylation sites (tertiary alicyclic amines) is 1. The Hall–Kier alpha value is -2.84. The van der Waals surface area contributed by atoms with Crippen LogP contribution in [-0.4, -0.2) is 55.5 Å². The number of carboxylic acid groups (broad SMARTS) is 1. The first-order valence-electron chi connectivity index (χ1n) is 8.61. The van der Waals surface area contributed by atoms with Crippen LogP contribution in [0.25, 0.3) is 0 Å². The van der Waals surface area contributed by atoms with E-state index in [9.17, 15) is 4.79 Å². The molecule has 1 fully saturated rings. The molecule has 2 aromatic heterocycles. The van der Waals surface area contributed by atoms with Crippen molar-refractivity contribution in [2.45, 2.75) is 45.1 Å². The van der Waals surface area contributed by atoms with Crippen LogP contribution in [0.3, 0.4) is 0 Å². The van der Waals surface area contributed by atoms with Gasteiger partial charge in [-0.25, -0.2) is 14.8 Å². The average Bonchev–Trinajstić information content (AvgIpc) is 3.04. The zero-order chi connectivity index (χ0) is 18.7. The molecule has 0 bridgehead atoms. The standard InChI is InChI=1S/C17H24N6O3/c1-17(2,3)12-8-14(22-21-12)20-13-9-15(19-10-18-13)26-11-4-6-23(7-5-11)16(24)25/h8-11H,4-7H2,1-3H3,(H,24,25)(H2,18,19,20,21,22). The fourth-order valence-corrected chi connectivity index (χ4v) is 2.71. The van der Waals surface area contributed by atoms with E-state index in [1.807, 2.05) is 6.07 Å². The van der Waals surface area contributed by atoms with Gasteiger partial charge < -0.3 is 20.1 Å². The smallest absolute Gasteiger partial charge is 0.407 e. The van der Waals surface area contributed by atoms with Crippen molar-refractivity contribution < 1.29 is 14.6 Å². The minimum absolute atomic E-state index is 0.0162. The number of hydrogen-bond acceptors (Lipinski definition) is 6. The maximum atomic E-state index is 10.9. The van der Waals surface area contributed by atoms with Crippen LogP contribution >= 0.6 is 0 Å². The predicted octanol–water partition coefficient (Wildman–Crippen LogP) is 2.76. The molecule has 3 heterocycles. The van der Waals surface area contributed by atoms with Gasteiger partial charge in [0, 0.05) is 49.2 Å². The third-order valence-corrected chi connectivity index (χ3v) is 4.28. The van der Waals surface area contributed by atoms with E-state index in [-0.39, 0.29) is 11.5 Å². The van der Waals surface area contributed by atoms with E-state index < -0.39 is 6.09 Å². The first-order valence-corrected chi connectivity index (χ1v) is 8.61. The molecule has 0 atom stereocenters. The van der Waals surface area contributed by atoms with E-state index >= 15 is 0 Å². The van der Waals surface area contributed by atoms with Crippen molar-refractivity contribution in [3.8, 4) is 5.88 Å². The molecule has 1 saturated heterocycles. The molecule has 0 aliphatic carbocycles. The first-order chi connectivity index (χ1) is 12.3. The van der Waals surface area contributed by atoms with Crippen molar-refractivity contribution in [3.63, 3.8) is 0 Å². The number of anilines is 2. The lowest BCUT2D eigenvalue weighted by Gasteiger charge is -2.29. The number of ether oxygens (including phenoxy) is 1. The summed E-state index contributed by atoms with van der Waals surface area (Å²) in [5.74, 6) is 1.72. The zero-order valence-corrected chi connectivity index (χ0v) is 15.2. The van der Waals surface area contributed by atoms with Crippen LogP contribution in [0, 0.1) is 0 Å². The van der Waals surface area contributed by atoms with Gasteiger partial charge >= 0.3 is 6.09 Å². The summed E-state index contributed by atoms with van der Waals surface area (Å²) in [7, 11) is 0. The van der Waals surface area contributed by atoms with Gasteiger partial charge in [0.05, 0.1) is 0 Å². The molecule has 0 aromatic carbocycles. The van der Waals surface area contributed by atoms with Gasteiger partial charge in [-0.2, -0.15) is 5.10 Å². The quantitative estimate of drug-likeness (QED) is 0.767. The second kappa shape index (κ2) is 7.19. The minimum Gasteiger partial charge on any atom is -0.474 e. The van der Waals surface area contributed by atoms with Crippen LogP contribution in [0.2, 0.25) is 0 Å². The van der Waals surface area contributed by atoms with Gasteiger partial charge in [-0.15, -0.1) is 0 Å². The highest BCUT2D eigenvalue weighted by molar-refractivity contribution is 5.65. The normalized spacial score (nSPS) is 15.7. The van der Waals surface area contributed by atoms with Crippen molar-refractivity contribution in [2.75, 3.05) is 18.4 Å². The Balaban J connectivity index is 1.60. The van der Waals surface area contributed by atoms with E-state index in [0.717, 1.165) is 5.69 Å². The average molecular weight is 360 g/mol. The molecular weight excluding hydrogens is 336 g/mol. The second-order valence-electron chi connectivity index (χ2n) is 7.37. The zero-order valence-electron chi connectivity index (χ0n) is 15.2. The first kappa shape index (κ1) is 18.0. The topological polar surface area (TPSA) is 116 Å². The molecule has 9 heteroatoms.